The Morgan fingerprint density at radius 3 is 2.32 bits per heavy atom. The number of aliphatic hydroxyl groups is 1. The lowest BCUT2D eigenvalue weighted by molar-refractivity contribution is -0.166. The number of rotatable bonds is 6. The second kappa shape index (κ2) is 8.66. The van der Waals surface area contributed by atoms with E-state index in [0.717, 1.165) is 18.4 Å². The maximum absolute atomic E-state index is 15.6. The minimum atomic E-state index is -3.64. The number of hydrogen-bond acceptors (Lipinski definition) is 4. The van der Waals surface area contributed by atoms with Crippen molar-refractivity contribution >= 4 is 15.9 Å². The molecule has 34 heavy (non-hydrogen) atoms. The molecule has 10 heteroatoms. The highest BCUT2D eigenvalue weighted by Gasteiger charge is 2.54. The Morgan fingerprint density at radius 2 is 1.76 bits per heavy atom. The summed E-state index contributed by atoms with van der Waals surface area (Å²) in [5.41, 5.74) is -1.51. The number of amides is 1. The Hall–Kier alpha value is -2.43. The molecule has 2 N–H and O–H groups in total. The van der Waals surface area contributed by atoms with Gasteiger partial charge in [-0.05, 0) is 62.3 Å². The minimum absolute atomic E-state index is 0.00939. The van der Waals surface area contributed by atoms with Gasteiger partial charge in [-0.15, -0.1) is 0 Å². The van der Waals surface area contributed by atoms with E-state index in [-0.39, 0.29) is 35.1 Å². The second-order valence-electron chi connectivity index (χ2n) is 9.78. The number of nitrogens with zero attached hydrogens (tertiary/aromatic N) is 1. The van der Waals surface area contributed by atoms with Gasteiger partial charge in [0, 0.05) is 23.7 Å². The number of carbonyl (C=O) groups is 1. The van der Waals surface area contributed by atoms with E-state index in [1.54, 1.807) is 6.07 Å². The number of hydrogen-bond donors (Lipinski definition) is 2. The van der Waals surface area contributed by atoms with Crippen molar-refractivity contribution in [3.8, 4) is 11.1 Å². The number of nitrogens with one attached hydrogen (secondary N) is 1. The smallest absolute Gasteiger partial charge is 0.254 e. The zero-order valence-electron chi connectivity index (χ0n) is 19.1. The topological polar surface area (TPSA) is 86.7 Å². The first kappa shape index (κ1) is 24.7. The molecule has 0 spiro atoms. The fourth-order valence-corrected chi connectivity index (χ4v) is 5.93. The summed E-state index contributed by atoms with van der Waals surface area (Å²) >= 11 is 0. The molecular weight excluding hydrogens is 469 g/mol. The van der Waals surface area contributed by atoms with Crippen molar-refractivity contribution < 1.29 is 31.5 Å². The van der Waals surface area contributed by atoms with Crippen molar-refractivity contribution in [1.29, 1.82) is 0 Å². The standard InChI is InChI=1S/C24H27F3N2O4S/c1-24(2,31)23(30)29-18-9-15(10-18)22(28-34(3,32)33)20(29)11-13-5-4-6-19(21(13)27)14-7-16(25)12-17(26)8-14/h4-8,12,15,18,20,22,28,31H,9-11H2,1-3H3/t15?,18?,20-,22-/m0/s1. The molecule has 6 nitrogen and oxygen atoms in total. The van der Waals surface area contributed by atoms with Crippen molar-refractivity contribution in [2.75, 3.05) is 6.26 Å². The van der Waals surface area contributed by atoms with Crippen molar-refractivity contribution in [1.82, 2.24) is 9.62 Å². The molecule has 2 aromatic carbocycles. The fourth-order valence-electron chi connectivity index (χ4n) is 5.08. The molecule has 1 saturated carbocycles. The predicted octanol–water partition coefficient (Wildman–Crippen LogP) is 2.99. The van der Waals surface area contributed by atoms with Gasteiger partial charge in [0.05, 0.1) is 12.3 Å². The number of carbonyl (C=O) groups excluding carboxylic acids is 1. The van der Waals surface area contributed by atoms with Crippen LogP contribution in [0, 0.1) is 23.4 Å². The Labute approximate surface area is 196 Å². The molecule has 0 radical (unpaired) electrons. The first-order valence-corrected chi connectivity index (χ1v) is 12.9. The van der Waals surface area contributed by atoms with Crippen LogP contribution in [0.1, 0.15) is 32.3 Å². The van der Waals surface area contributed by atoms with Gasteiger partial charge in [0.2, 0.25) is 10.0 Å². The van der Waals surface area contributed by atoms with Crippen LogP contribution in [0.3, 0.4) is 0 Å². The van der Waals surface area contributed by atoms with Crippen LogP contribution >= 0.6 is 0 Å². The quantitative estimate of drug-likeness (QED) is 0.644. The second-order valence-corrected chi connectivity index (χ2v) is 11.6. The summed E-state index contributed by atoms with van der Waals surface area (Å²) in [7, 11) is -3.64. The first-order chi connectivity index (χ1) is 15.7. The molecule has 0 unspecified atom stereocenters. The van der Waals surface area contributed by atoms with Crippen molar-refractivity contribution in [2.24, 2.45) is 5.92 Å². The summed E-state index contributed by atoms with van der Waals surface area (Å²) < 4.78 is 69.8. The normalized spacial score (nSPS) is 24.6. The van der Waals surface area contributed by atoms with Crippen LogP contribution in [-0.2, 0) is 21.2 Å². The van der Waals surface area contributed by atoms with Gasteiger partial charge in [0.15, 0.2) is 0 Å². The van der Waals surface area contributed by atoms with Crippen LogP contribution in [-0.4, -0.2) is 54.3 Å². The third-order valence-corrected chi connectivity index (χ3v) is 7.31. The van der Waals surface area contributed by atoms with E-state index >= 15 is 4.39 Å². The Balaban J connectivity index is 1.75. The number of sulfonamides is 1. The highest BCUT2D eigenvalue weighted by Crippen LogP contribution is 2.45. The van der Waals surface area contributed by atoms with Crippen LogP contribution in [0.2, 0.25) is 0 Å². The summed E-state index contributed by atoms with van der Waals surface area (Å²) in [6.45, 7) is 2.71. The predicted molar refractivity (Wildman–Crippen MR) is 121 cm³/mol. The molecule has 3 aliphatic rings. The molecule has 1 amide bonds. The summed E-state index contributed by atoms with van der Waals surface area (Å²) in [5, 5.41) is 10.4. The van der Waals surface area contributed by atoms with Gasteiger partial charge in [0.1, 0.15) is 23.1 Å². The number of piperidine rings is 2. The highest BCUT2D eigenvalue weighted by molar-refractivity contribution is 7.88. The molecule has 2 heterocycles. The Kier molecular flexibility index (Phi) is 6.28. The average Bonchev–Trinajstić information content (AvgIpc) is 2.66. The van der Waals surface area contributed by atoms with E-state index in [1.165, 1.54) is 30.9 Å². The molecule has 0 aromatic heterocycles. The molecule has 1 aliphatic carbocycles. The molecular formula is C24H27F3N2O4S. The number of fused-ring (bicyclic) bond motifs is 2. The van der Waals surface area contributed by atoms with E-state index in [9.17, 15) is 27.1 Å². The summed E-state index contributed by atoms with van der Waals surface area (Å²) in [4.78, 5) is 14.6. The van der Waals surface area contributed by atoms with Crippen molar-refractivity contribution in [2.45, 2.75) is 56.8 Å². The molecule has 2 aliphatic heterocycles. The van der Waals surface area contributed by atoms with Gasteiger partial charge in [-0.25, -0.2) is 26.3 Å². The van der Waals surface area contributed by atoms with Crippen LogP contribution in [0.15, 0.2) is 36.4 Å². The van der Waals surface area contributed by atoms with E-state index < -0.39 is 51.1 Å². The van der Waals surface area contributed by atoms with Gasteiger partial charge in [-0.3, -0.25) is 4.79 Å². The van der Waals surface area contributed by atoms with Crippen LogP contribution in [0.4, 0.5) is 13.2 Å². The third-order valence-electron chi connectivity index (χ3n) is 6.61. The van der Waals surface area contributed by atoms with E-state index in [1.807, 2.05) is 0 Å². The lowest BCUT2D eigenvalue weighted by Gasteiger charge is -2.58. The fraction of sp³-hybridized carbons (Fsp3) is 0.458. The Morgan fingerprint density at radius 1 is 1.15 bits per heavy atom. The monoisotopic (exact) mass is 496 g/mol. The molecule has 184 valence electrons. The summed E-state index contributed by atoms with van der Waals surface area (Å²) in [6.07, 6.45) is 2.14. The lowest BCUT2D eigenvalue weighted by Crippen LogP contribution is -2.72. The van der Waals surface area contributed by atoms with Crippen LogP contribution in [0.5, 0.6) is 0 Å². The van der Waals surface area contributed by atoms with E-state index in [0.29, 0.717) is 18.9 Å². The first-order valence-electron chi connectivity index (χ1n) is 11.0. The average molecular weight is 497 g/mol. The summed E-state index contributed by atoms with van der Waals surface area (Å²) in [6, 6.07) is 5.59. The molecule has 2 saturated heterocycles. The molecule has 2 atom stereocenters. The number of halogens is 3. The van der Waals surface area contributed by atoms with E-state index in [4.69, 9.17) is 0 Å². The summed E-state index contributed by atoms with van der Waals surface area (Å²) in [5.74, 6) is -2.98. The Bertz CT molecular complexity index is 1200. The van der Waals surface area contributed by atoms with E-state index in [2.05, 4.69) is 4.72 Å². The van der Waals surface area contributed by atoms with Gasteiger partial charge < -0.3 is 10.0 Å². The van der Waals surface area contributed by atoms with Crippen molar-refractivity contribution in [3.63, 3.8) is 0 Å². The van der Waals surface area contributed by atoms with Crippen LogP contribution in [0.25, 0.3) is 11.1 Å². The van der Waals surface area contributed by atoms with Crippen molar-refractivity contribution in [3.05, 3.63) is 59.4 Å². The van der Waals surface area contributed by atoms with Gasteiger partial charge in [-0.1, -0.05) is 18.2 Å². The SMILES string of the molecule is CC(C)(O)C(=O)N1C2CC(C2)[C@H](NS(C)(=O)=O)[C@@H]1Cc1cccc(-c2cc(F)cc(F)c2)c1F. The molecule has 2 aromatic rings. The maximum atomic E-state index is 15.6. The number of benzene rings is 2. The van der Waals surface area contributed by atoms with Crippen LogP contribution < -0.4 is 4.72 Å². The molecule has 2 bridgehead atoms. The highest BCUT2D eigenvalue weighted by atomic mass is 32.2. The van der Waals surface area contributed by atoms with Gasteiger partial charge in [-0.2, -0.15) is 0 Å². The maximum Gasteiger partial charge on any atom is 0.254 e. The van der Waals surface area contributed by atoms with Gasteiger partial charge >= 0.3 is 0 Å². The minimum Gasteiger partial charge on any atom is -0.381 e. The zero-order chi connectivity index (χ0) is 25.0. The van der Waals surface area contributed by atoms with Gasteiger partial charge in [0.25, 0.3) is 5.91 Å². The zero-order valence-corrected chi connectivity index (χ0v) is 19.9. The lowest BCUT2D eigenvalue weighted by atomic mass is 9.66. The third kappa shape index (κ3) is 4.85. The largest absolute Gasteiger partial charge is 0.381 e. The molecule has 3 fully saturated rings. The molecule has 5 rings (SSSR count).